The fourth-order valence-electron chi connectivity index (χ4n) is 2.25. The van der Waals surface area contributed by atoms with Crippen molar-refractivity contribution in [2.45, 2.75) is 32.2 Å². The molecule has 0 saturated heterocycles. The van der Waals surface area contributed by atoms with Crippen LogP contribution < -0.4 is 5.32 Å². The zero-order chi connectivity index (χ0) is 11.0. The highest BCUT2D eigenvalue weighted by Gasteiger charge is 2.14. The van der Waals surface area contributed by atoms with Gasteiger partial charge in [-0.15, -0.1) is 10.2 Å². The van der Waals surface area contributed by atoms with E-state index in [1.54, 1.807) is 0 Å². The molecule has 0 fully saturated rings. The van der Waals surface area contributed by atoms with Crippen molar-refractivity contribution in [1.82, 2.24) is 25.1 Å². The van der Waals surface area contributed by atoms with Crippen LogP contribution in [-0.2, 0) is 19.4 Å². The average Bonchev–Trinajstić information content (AvgIpc) is 2.70. The molecule has 1 N–H and O–H groups in total. The van der Waals surface area contributed by atoms with Crippen LogP contribution in [0.15, 0.2) is 6.07 Å². The lowest BCUT2D eigenvalue weighted by Gasteiger charge is -2.14. The topological polar surface area (TPSA) is 55.1 Å². The van der Waals surface area contributed by atoms with Crippen LogP contribution >= 0.6 is 0 Å². The zero-order valence-electron chi connectivity index (χ0n) is 9.40. The molecule has 0 atom stereocenters. The number of hydrogen-bond acceptors (Lipinski definition) is 4. The Hall–Kier alpha value is -1.49. The fourth-order valence-corrected chi connectivity index (χ4v) is 2.25. The van der Waals surface area contributed by atoms with Crippen molar-refractivity contribution in [3.63, 3.8) is 0 Å². The lowest BCUT2D eigenvalue weighted by molar-refractivity contribution is 0.636. The normalized spacial score (nSPS) is 15.3. The van der Waals surface area contributed by atoms with E-state index in [1.165, 1.54) is 24.1 Å². The number of nitrogens with one attached hydrogen (secondary N) is 1. The van der Waals surface area contributed by atoms with Gasteiger partial charge in [-0.3, -0.25) is 0 Å². The predicted octanol–water partition coefficient (Wildman–Crippen LogP) is 0.722. The van der Waals surface area contributed by atoms with Crippen LogP contribution in [0.3, 0.4) is 0 Å². The number of aromatic nitrogens is 4. The maximum absolute atomic E-state index is 4.65. The first kappa shape index (κ1) is 9.72. The lowest BCUT2D eigenvalue weighted by atomic mass is 9.97. The van der Waals surface area contributed by atoms with E-state index >= 15 is 0 Å². The second-order valence-electron chi connectivity index (χ2n) is 4.24. The van der Waals surface area contributed by atoms with Gasteiger partial charge in [0, 0.05) is 0 Å². The highest BCUT2D eigenvalue weighted by Crippen LogP contribution is 2.20. The van der Waals surface area contributed by atoms with Gasteiger partial charge in [0.05, 0.1) is 12.2 Å². The molecule has 2 aromatic heterocycles. The molecule has 0 amide bonds. The minimum Gasteiger partial charge on any atom is -0.313 e. The monoisotopic (exact) mass is 217 g/mol. The highest BCUT2D eigenvalue weighted by atomic mass is 15.4. The molecule has 2 heterocycles. The van der Waals surface area contributed by atoms with Gasteiger partial charge in [-0.05, 0) is 44.4 Å². The van der Waals surface area contributed by atoms with E-state index in [0.717, 1.165) is 24.3 Å². The summed E-state index contributed by atoms with van der Waals surface area (Å²) in [4.78, 5) is 0. The van der Waals surface area contributed by atoms with E-state index < -0.39 is 0 Å². The van der Waals surface area contributed by atoms with Gasteiger partial charge in [0.1, 0.15) is 0 Å². The summed E-state index contributed by atoms with van der Waals surface area (Å²) in [5.41, 5.74) is 3.43. The quantitative estimate of drug-likeness (QED) is 0.805. The zero-order valence-corrected chi connectivity index (χ0v) is 9.40. The smallest absolute Gasteiger partial charge is 0.178 e. The number of hydrogen-bond donors (Lipinski definition) is 1. The molecular weight excluding hydrogens is 202 g/mol. The van der Waals surface area contributed by atoms with Gasteiger partial charge in [0.2, 0.25) is 0 Å². The molecule has 0 unspecified atom stereocenters. The predicted molar refractivity (Wildman–Crippen MR) is 60.2 cm³/mol. The SMILES string of the molecule is CNCc1nnc2cc3c(nn12)CCCC3. The molecule has 0 aromatic carbocycles. The number of aryl methyl sites for hydroxylation is 2. The summed E-state index contributed by atoms with van der Waals surface area (Å²) >= 11 is 0. The van der Waals surface area contributed by atoms with Gasteiger partial charge in [-0.1, -0.05) is 0 Å². The molecule has 5 nitrogen and oxygen atoms in total. The van der Waals surface area contributed by atoms with Gasteiger partial charge in [-0.2, -0.15) is 9.61 Å². The molecule has 3 rings (SSSR count). The van der Waals surface area contributed by atoms with Crippen molar-refractivity contribution in [2.24, 2.45) is 0 Å². The fraction of sp³-hybridized carbons (Fsp3) is 0.545. The molecular formula is C11H15N5. The van der Waals surface area contributed by atoms with E-state index in [2.05, 4.69) is 26.7 Å². The molecule has 2 aromatic rings. The first-order chi connectivity index (χ1) is 7.88. The Morgan fingerprint density at radius 3 is 3.06 bits per heavy atom. The van der Waals surface area contributed by atoms with Crippen LogP contribution in [-0.4, -0.2) is 26.9 Å². The molecule has 0 radical (unpaired) electrons. The second kappa shape index (κ2) is 3.83. The Labute approximate surface area is 93.9 Å². The summed E-state index contributed by atoms with van der Waals surface area (Å²) in [5, 5.41) is 16.0. The van der Waals surface area contributed by atoms with Crippen LogP contribution in [0.5, 0.6) is 0 Å². The van der Waals surface area contributed by atoms with Crippen LogP contribution in [0.2, 0.25) is 0 Å². The molecule has 0 bridgehead atoms. The highest BCUT2D eigenvalue weighted by molar-refractivity contribution is 5.42. The molecule has 1 aliphatic carbocycles. The molecule has 5 heteroatoms. The van der Waals surface area contributed by atoms with E-state index in [-0.39, 0.29) is 0 Å². The number of rotatable bonds is 2. The second-order valence-corrected chi connectivity index (χ2v) is 4.24. The Morgan fingerprint density at radius 1 is 1.31 bits per heavy atom. The molecule has 16 heavy (non-hydrogen) atoms. The maximum Gasteiger partial charge on any atom is 0.178 e. The Balaban J connectivity index is 2.14. The maximum atomic E-state index is 4.65. The van der Waals surface area contributed by atoms with Crippen molar-refractivity contribution in [2.75, 3.05) is 7.05 Å². The molecule has 84 valence electrons. The van der Waals surface area contributed by atoms with Gasteiger partial charge in [0.25, 0.3) is 0 Å². The van der Waals surface area contributed by atoms with Crippen LogP contribution in [0.1, 0.15) is 29.9 Å². The molecule has 1 aliphatic rings. The first-order valence-electron chi connectivity index (χ1n) is 5.76. The van der Waals surface area contributed by atoms with Crippen LogP contribution in [0.4, 0.5) is 0 Å². The Morgan fingerprint density at radius 2 is 2.19 bits per heavy atom. The molecule has 0 spiro atoms. The van der Waals surface area contributed by atoms with E-state index in [9.17, 15) is 0 Å². The third-order valence-electron chi connectivity index (χ3n) is 3.07. The van der Waals surface area contributed by atoms with Gasteiger partial charge < -0.3 is 5.32 Å². The van der Waals surface area contributed by atoms with Crippen LogP contribution in [0.25, 0.3) is 5.65 Å². The summed E-state index contributed by atoms with van der Waals surface area (Å²) in [5.74, 6) is 0.880. The Kier molecular flexibility index (Phi) is 2.32. The van der Waals surface area contributed by atoms with Crippen molar-refractivity contribution >= 4 is 5.65 Å². The number of fused-ring (bicyclic) bond motifs is 2. The van der Waals surface area contributed by atoms with Crippen molar-refractivity contribution < 1.29 is 0 Å². The van der Waals surface area contributed by atoms with Crippen LogP contribution in [0, 0.1) is 0 Å². The third-order valence-corrected chi connectivity index (χ3v) is 3.07. The van der Waals surface area contributed by atoms with E-state index in [0.29, 0.717) is 6.54 Å². The minimum absolute atomic E-state index is 0.701. The number of nitrogens with zero attached hydrogens (tertiary/aromatic N) is 4. The van der Waals surface area contributed by atoms with Crippen molar-refractivity contribution in [1.29, 1.82) is 0 Å². The van der Waals surface area contributed by atoms with E-state index in [4.69, 9.17) is 0 Å². The summed E-state index contributed by atoms with van der Waals surface area (Å²) in [6.45, 7) is 0.701. The van der Waals surface area contributed by atoms with Gasteiger partial charge in [-0.25, -0.2) is 0 Å². The molecule has 0 saturated carbocycles. The summed E-state index contributed by atoms with van der Waals surface area (Å²) in [7, 11) is 1.90. The summed E-state index contributed by atoms with van der Waals surface area (Å²) < 4.78 is 1.86. The largest absolute Gasteiger partial charge is 0.313 e. The van der Waals surface area contributed by atoms with Crippen molar-refractivity contribution in [3.8, 4) is 0 Å². The standard InChI is InChI=1S/C11H15N5/c1-12-7-11-14-13-10-6-8-4-2-3-5-9(8)15-16(10)11/h6,12H,2-5,7H2,1H3. The van der Waals surface area contributed by atoms with Gasteiger partial charge in [0.15, 0.2) is 11.5 Å². The van der Waals surface area contributed by atoms with E-state index in [1.807, 2.05) is 11.6 Å². The summed E-state index contributed by atoms with van der Waals surface area (Å²) in [6.07, 6.45) is 4.73. The average molecular weight is 217 g/mol. The van der Waals surface area contributed by atoms with Crippen molar-refractivity contribution in [3.05, 3.63) is 23.1 Å². The third kappa shape index (κ3) is 1.48. The lowest BCUT2D eigenvalue weighted by Crippen LogP contribution is -2.13. The summed E-state index contributed by atoms with van der Waals surface area (Å²) in [6, 6.07) is 2.13. The Bertz CT molecular complexity index is 516. The molecule has 0 aliphatic heterocycles. The minimum atomic E-state index is 0.701. The first-order valence-corrected chi connectivity index (χ1v) is 5.76. The van der Waals surface area contributed by atoms with Gasteiger partial charge >= 0.3 is 0 Å².